The fraction of sp³-hybridized carbons (Fsp3) is 0. The molecule has 0 radical (unpaired) electrons. The number of benzene rings is 3. The summed E-state index contributed by atoms with van der Waals surface area (Å²) >= 11 is 4.46. The Morgan fingerprint density at radius 2 is 1.84 bits per heavy atom. The topological polar surface area (TPSA) is 88.7 Å². The van der Waals surface area contributed by atoms with Gasteiger partial charge in [0.25, 0.3) is 11.6 Å². The molecule has 0 aliphatic carbocycles. The van der Waals surface area contributed by atoms with Gasteiger partial charge in [-0.05, 0) is 60.2 Å². The van der Waals surface area contributed by atoms with Gasteiger partial charge in [-0.1, -0.05) is 27.3 Å². The third-order valence-corrected chi connectivity index (χ3v) is 5.75. The monoisotopic (exact) mass is 498 g/mol. The number of hydrogen-bond acceptors (Lipinski definition) is 6. The summed E-state index contributed by atoms with van der Waals surface area (Å²) in [4.78, 5) is 27.9. The molecular formula is C21H12BrFN4O3S. The number of rotatable bonds is 5. The van der Waals surface area contributed by atoms with Gasteiger partial charge in [-0.15, -0.1) is 0 Å². The zero-order valence-corrected chi connectivity index (χ0v) is 18.0. The minimum atomic E-state index is -0.495. The number of nitro benzene ring substituents is 1. The number of carbonyl (C=O) groups excluding carboxylic acids is 1. The third kappa shape index (κ3) is 4.65. The molecule has 154 valence electrons. The Labute approximate surface area is 187 Å². The highest BCUT2D eigenvalue weighted by Gasteiger charge is 2.21. The molecule has 0 atom stereocenters. The van der Waals surface area contributed by atoms with E-state index in [2.05, 4.69) is 26.0 Å². The first-order valence-electron chi connectivity index (χ1n) is 8.85. The molecule has 0 saturated heterocycles. The predicted molar refractivity (Wildman–Crippen MR) is 121 cm³/mol. The van der Waals surface area contributed by atoms with Gasteiger partial charge in [0, 0.05) is 22.2 Å². The highest BCUT2D eigenvalue weighted by molar-refractivity contribution is 9.10. The Morgan fingerprint density at radius 3 is 2.52 bits per heavy atom. The number of carbonyl (C=O) groups is 1. The van der Waals surface area contributed by atoms with Crippen LogP contribution >= 0.6 is 27.3 Å². The van der Waals surface area contributed by atoms with Crippen LogP contribution in [0.2, 0.25) is 0 Å². The van der Waals surface area contributed by atoms with Crippen LogP contribution in [0.3, 0.4) is 0 Å². The number of hydrazone groups is 1. The van der Waals surface area contributed by atoms with Crippen molar-refractivity contribution in [3.63, 3.8) is 0 Å². The summed E-state index contributed by atoms with van der Waals surface area (Å²) in [5.74, 6) is -0.826. The summed E-state index contributed by atoms with van der Waals surface area (Å²) in [6.45, 7) is 0. The van der Waals surface area contributed by atoms with Crippen molar-refractivity contribution < 1.29 is 14.1 Å². The molecule has 0 bridgehead atoms. The van der Waals surface area contributed by atoms with E-state index in [9.17, 15) is 19.3 Å². The summed E-state index contributed by atoms with van der Waals surface area (Å²) in [5.41, 5.74) is 1.44. The van der Waals surface area contributed by atoms with Gasteiger partial charge in [-0.3, -0.25) is 14.9 Å². The molecule has 10 heteroatoms. The van der Waals surface area contributed by atoms with Crippen LogP contribution < -0.4 is 5.01 Å². The van der Waals surface area contributed by atoms with E-state index in [1.54, 1.807) is 24.3 Å². The second-order valence-electron chi connectivity index (χ2n) is 6.33. The molecule has 1 aromatic heterocycles. The summed E-state index contributed by atoms with van der Waals surface area (Å²) in [6.07, 6.45) is 1.41. The van der Waals surface area contributed by atoms with Crippen LogP contribution in [-0.4, -0.2) is 22.0 Å². The Hall–Kier alpha value is -3.50. The maximum Gasteiger partial charge on any atom is 0.280 e. The summed E-state index contributed by atoms with van der Waals surface area (Å²) in [5, 5.41) is 16.5. The molecule has 0 aliphatic rings. The lowest BCUT2D eigenvalue weighted by molar-refractivity contribution is -0.384. The van der Waals surface area contributed by atoms with E-state index < -0.39 is 16.6 Å². The van der Waals surface area contributed by atoms with Gasteiger partial charge < -0.3 is 0 Å². The van der Waals surface area contributed by atoms with Gasteiger partial charge in [-0.25, -0.2) is 9.37 Å². The predicted octanol–water partition coefficient (Wildman–Crippen LogP) is 5.79. The number of thiazole rings is 1. The van der Waals surface area contributed by atoms with Crippen LogP contribution in [0.4, 0.5) is 15.2 Å². The summed E-state index contributed by atoms with van der Waals surface area (Å²) in [6, 6.07) is 16.7. The smallest absolute Gasteiger partial charge is 0.267 e. The number of aromatic nitrogens is 1. The number of nitro groups is 1. The number of amides is 1. The highest BCUT2D eigenvalue weighted by Crippen LogP contribution is 2.30. The molecule has 0 aliphatic heterocycles. The molecule has 31 heavy (non-hydrogen) atoms. The largest absolute Gasteiger partial charge is 0.280 e. The molecular weight excluding hydrogens is 487 g/mol. The summed E-state index contributed by atoms with van der Waals surface area (Å²) in [7, 11) is 0. The van der Waals surface area contributed by atoms with Crippen molar-refractivity contribution in [2.24, 2.45) is 5.10 Å². The number of nitrogens with zero attached hydrogens (tertiary/aromatic N) is 4. The second kappa shape index (κ2) is 8.70. The lowest BCUT2D eigenvalue weighted by atomic mass is 10.2. The molecule has 1 heterocycles. The standard InChI is InChI=1S/C21H12BrFN4O3S/c22-15-5-3-14(4-6-15)20(28)26(21-25-18-10-7-16(23)11-19(18)31-21)24-12-13-1-8-17(9-2-13)27(29)30/h1-12H/b24-12+. The second-order valence-corrected chi connectivity index (χ2v) is 8.25. The number of halogens is 2. The van der Waals surface area contributed by atoms with E-state index in [4.69, 9.17) is 0 Å². The average Bonchev–Trinajstić information content (AvgIpc) is 3.17. The van der Waals surface area contributed by atoms with Crippen molar-refractivity contribution in [1.29, 1.82) is 0 Å². The SMILES string of the molecule is O=C(c1ccc(Br)cc1)N(/N=C/c1ccc([N+](=O)[O-])cc1)c1nc2ccc(F)cc2s1. The van der Waals surface area contributed by atoms with Gasteiger partial charge >= 0.3 is 0 Å². The van der Waals surface area contributed by atoms with Crippen molar-refractivity contribution in [1.82, 2.24) is 4.98 Å². The van der Waals surface area contributed by atoms with E-state index in [0.29, 0.717) is 21.3 Å². The van der Waals surface area contributed by atoms with Crippen molar-refractivity contribution in [2.45, 2.75) is 0 Å². The minimum Gasteiger partial charge on any atom is -0.267 e. The number of non-ortho nitro benzene ring substituents is 1. The maximum atomic E-state index is 13.6. The molecule has 3 aromatic carbocycles. The lowest BCUT2D eigenvalue weighted by Crippen LogP contribution is -2.25. The van der Waals surface area contributed by atoms with E-state index in [0.717, 1.165) is 20.8 Å². The van der Waals surface area contributed by atoms with Crippen molar-refractivity contribution in [2.75, 3.05) is 5.01 Å². The van der Waals surface area contributed by atoms with Crippen LogP contribution in [0, 0.1) is 15.9 Å². The molecule has 4 rings (SSSR count). The average molecular weight is 499 g/mol. The Balaban J connectivity index is 1.73. The molecule has 0 N–H and O–H groups in total. The van der Waals surface area contributed by atoms with Crippen LogP contribution in [0.25, 0.3) is 10.2 Å². The minimum absolute atomic E-state index is 0.0480. The third-order valence-electron chi connectivity index (χ3n) is 4.23. The highest BCUT2D eigenvalue weighted by atomic mass is 79.9. The van der Waals surface area contributed by atoms with Crippen LogP contribution in [0.15, 0.2) is 76.3 Å². The van der Waals surface area contributed by atoms with Gasteiger partial charge in [0.15, 0.2) is 0 Å². The normalized spacial score (nSPS) is 11.2. The zero-order chi connectivity index (χ0) is 22.0. The Morgan fingerprint density at radius 1 is 1.13 bits per heavy atom. The van der Waals surface area contributed by atoms with Crippen molar-refractivity contribution >= 4 is 60.4 Å². The van der Waals surface area contributed by atoms with Crippen LogP contribution in [-0.2, 0) is 0 Å². The van der Waals surface area contributed by atoms with Gasteiger partial charge in [-0.2, -0.15) is 10.1 Å². The summed E-state index contributed by atoms with van der Waals surface area (Å²) < 4.78 is 15.0. The van der Waals surface area contributed by atoms with Gasteiger partial charge in [0.1, 0.15) is 5.82 Å². The molecule has 7 nitrogen and oxygen atoms in total. The van der Waals surface area contributed by atoms with Gasteiger partial charge in [0.2, 0.25) is 5.13 Å². The Kier molecular flexibility index (Phi) is 5.83. The van der Waals surface area contributed by atoms with Crippen molar-refractivity contribution in [3.8, 4) is 0 Å². The molecule has 4 aromatic rings. The molecule has 0 unspecified atom stereocenters. The van der Waals surface area contributed by atoms with Gasteiger partial charge in [0.05, 0.1) is 21.4 Å². The number of hydrogen-bond donors (Lipinski definition) is 0. The lowest BCUT2D eigenvalue weighted by Gasteiger charge is -2.14. The molecule has 0 saturated carbocycles. The fourth-order valence-electron chi connectivity index (χ4n) is 2.69. The fourth-order valence-corrected chi connectivity index (χ4v) is 3.90. The number of fused-ring (bicyclic) bond motifs is 1. The zero-order valence-electron chi connectivity index (χ0n) is 15.6. The van der Waals surface area contributed by atoms with Crippen molar-refractivity contribution in [3.05, 3.63) is 98.3 Å². The molecule has 0 spiro atoms. The first-order chi connectivity index (χ1) is 14.9. The first kappa shape index (κ1) is 20.8. The van der Waals surface area contributed by atoms with E-state index in [-0.39, 0.29) is 10.8 Å². The van der Waals surface area contributed by atoms with Crippen LogP contribution in [0.5, 0.6) is 0 Å². The quantitative estimate of drug-likeness (QED) is 0.198. The number of anilines is 1. The van der Waals surface area contributed by atoms with E-state index in [1.807, 2.05) is 0 Å². The molecule has 0 fully saturated rings. The van der Waals surface area contributed by atoms with Crippen LogP contribution in [0.1, 0.15) is 15.9 Å². The Bertz CT molecular complexity index is 1310. The van der Waals surface area contributed by atoms with E-state index in [1.165, 1.54) is 48.7 Å². The van der Waals surface area contributed by atoms with E-state index >= 15 is 0 Å². The maximum absolute atomic E-state index is 13.6. The first-order valence-corrected chi connectivity index (χ1v) is 10.5. The molecule has 1 amide bonds.